The molecule has 0 atom stereocenters. The molecule has 2 nitrogen and oxygen atoms in total. The van der Waals surface area contributed by atoms with Crippen molar-refractivity contribution in [3.05, 3.63) is 25.6 Å². The van der Waals surface area contributed by atoms with Crippen LogP contribution in [-0.2, 0) is 0 Å². The number of fused-ring (bicyclic) bond motifs is 1. The Morgan fingerprint density at radius 3 is 2.71 bits per heavy atom. The van der Waals surface area contributed by atoms with Crippen LogP contribution in [-0.4, -0.2) is 17.2 Å². The quantitative estimate of drug-likeness (QED) is 0.584. The van der Waals surface area contributed by atoms with Crippen LogP contribution in [0.4, 0.5) is 0 Å². The smallest absolute Gasteiger partial charge is 0.423 e. The van der Waals surface area contributed by atoms with Crippen LogP contribution in [0.2, 0.25) is 0 Å². The Morgan fingerprint density at radius 2 is 2.07 bits per heavy atom. The van der Waals surface area contributed by atoms with Crippen molar-refractivity contribution in [2.45, 2.75) is 0 Å². The molecule has 0 spiro atoms. The summed E-state index contributed by atoms with van der Waals surface area (Å²) < 4.78 is 3.16. The van der Waals surface area contributed by atoms with E-state index in [1.807, 2.05) is 12.1 Å². The minimum absolute atomic E-state index is 0.573. The number of benzene rings is 1. The molecule has 72 valence electrons. The molecule has 0 aliphatic rings. The van der Waals surface area contributed by atoms with Crippen molar-refractivity contribution < 1.29 is 10.0 Å². The fraction of sp³-hybridized carbons (Fsp3) is 0. The first-order valence-corrected chi connectivity index (χ1v) is 6.57. The van der Waals surface area contributed by atoms with Crippen molar-refractivity contribution >= 4 is 72.5 Å². The Balaban J connectivity index is 2.78. The van der Waals surface area contributed by atoms with E-state index in [-0.39, 0.29) is 0 Å². The number of halogens is 2. The predicted octanol–water partition coefficient (Wildman–Crippen LogP) is 1.95. The zero-order chi connectivity index (χ0) is 10.3. The molecule has 1 aromatic carbocycles. The molecule has 0 radical (unpaired) electrons. The predicted molar refractivity (Wildman–Crippen MR) is 72.1 cm³/mol. The van der Waals surface area contributed by atoms with Gasteiger partial charge in [0.1, 0.15) is 0 Å². The van der Waals surface area contributed by atoms with Gasteiger partial charge in [-0.1, -0.05) is 15.9 Å². The summed E-state index contributed by atoms with van der Waals surface area (Å²) in [5.74, 6) is 0. The van der Waals surface area contributed by atoms with E-state index in [0.29, 0.717) is 5.46 Å². The topological polar surface area (TPSA) is 40.5 Å². The molecule has 1 heterocycles. The molecule has 2 aromatic rings. The first-order chi connectivity index (χ1) is 6.59. The summed E-state index contributed by atoms with van der Waals surface area (Å²) in [7, 11) is -1.39. The fourth-order valence-electron chi connectivity index (χ4n) is 1.28. The van der Waals surface area contributed by atoms with Gasteiger partial charge in [0.05, 0.1) is 0 Å². The molecule has 0 bridgehead atoms. The summed E-state index contributed by atoms with van der Waals surface area (Å²) in [4.78, 5) is 0. The van der Waals surface area contributed by atoms with Gasteiger partial charge in [-0.3, -0.25) is 0 Å². The molecule has 0 saturated heterocycles. The third-order valence-corrected chi connectivity index (χ3v) is 4.62. The van der Waals surface area contributed by atoms with Gasteiger partial charge in [-0.05, 0) is 45.5 Å². The molecule has 0 saturated carbocycles. The third-order valence-electron chi connectivity index (χ3n) is 1.90. The van der Waals surface area contributed by atoms with Crippen LogP contribution in [0, 0.1) is 3.57 Å². The summed E-state index contributed by atoms with van der Waals surface area (Å²) in [5, 5.41) is 21.0. The van der Waals surface area contributed by atoms with Gasteiger partial charge in [0.15, 0.2) is 0 Å². The Hall–Kier alpha value is 0.375. The summed E-state index contributed by atoms with van der Waals surface area (Å²) in [5.41, 5.74) is 0.573. The van der Waals surface area contributed by atoms with Crippen LogP contribution >= 0.6 is 49.9 Å². The third kappa shape index (κ3) is 1.86. The highest BCUT2D eigenvalue weighted by Crippen LogP contribution is 2.28. The number of hydrogen-bond acceptors (Lipinski definition) is 3. The number of thiophene rings is 1. The molecule has 2 N–H and O–H groups in total. The molecular formula is C8H5BBrIO2S. The highest BCUT2D eigenvalue weighted by atomic mass is 127. The molecule has 0 fully saturated rings. The Morgan fingerprint density at radius 1 is 1.36 bits per heavy atom. The average molecular weight is 383 g/mol. The highest BCUT2D eigenvalue weighted by molar-refractivity contribution is 14.1. The molecular weight excluding hydrogens is 378 g/mol. The van der Waals surface area contributed by atoms with Gasteiger partial charge in [-0.25, -0.2) is 0 Å². The Kier molecular flexibility index (Phi) is 3.18. The van der Waals surface area contributed by atoms with Gasteiger partial charge in [0.2, 0.25) is 0 Å². The lowest BCUT2D eigenvalue weighted by Crippen LogP contribution is -2.28. The normalized spacial score (nSPS) is 10.9. The molecule has 0 aliphatic heterocycles. The van der Waals surface area contributed by atoms with E-state index < -0.39 is 7.12 Å². The van der Waals surface area contributed by atoms with Crippen LogP contribution in [0.3, 0.4) is 0 Å². The Bertz CT molecular complexity index is 485. The zero-order valence-corrected chi connectivity index (χ0v) is 11.4. The Labute approximate surface area is 107 Å². The summed E-state index contributed by atoms with van der Waals surface area (Å²) in [6.45, 7) is 0. The van der Waals surface area contributed by atoms with E-state index in [9.17, 15) is 0 Å². The van der Waals surface area contributed by atoms with Gasteiger partial charge in [-0.2, -0.15) is 0 Å². The molecule has 14 heavy (non-hydrogen) atoms. The van der Waals surface area contributed by atoms with Crippen LogP contribution in [0.1, 0.15) is 0 Å². The van der Waals surface area contributed by atoms with E-state index in [2.05, 4.69) is 38.5 Å². The van der Waals surface area contributed by atoms with Gasteiger partial charge in [0.25, 0.3) is 0 Å². The maximum absolute atomic E-state index is 9.14. The fourth-order valence-corrected chi connectivity index (χ4v) is 4.14. The SMILES string of the molecule is OB(O)c1csc2c(I)cc(Br)cc12. The van der Waals surface area contributed by atoms with Gasteiger partial charge < -0.3 is 10.0 Å². The lowest BCUT2D eigenvalue weighted by atomic mass is 9.80. The van der Waals surface area contributed by atoms with Crippen LogP contribution in [0.5, 0.6) is 0 Å². The molecule has 2 rings (SSSR count). The molecule has 6 heteroatoms. The molecule has 0 unspecified atom stereocenters. The monoisotopic (exact) mass is 382 g/mol. The zero-order valence-electron chi connectivity index (χ0n) is 6.87. The minimum atomic E-state index is -1.39. The molecule has 0 aliphatic carbocycles. The van der Waals surface area contributed by atoms with Crippen molar-refractivity contribution in [3.63, 3.8) is 0 Å². The van der Waals surface area contributed by atoms with Crippen molar-refractivity contribution in [2.24, 2.45) is 0 Å². The first kappa shape index (κ1) is 10.9. The lowest BCUT2D eigenvalue weighted by molar-refractivity contribution is 0.426. The molecule has 1 aromatic heterocycles. The maximum atomic E-state index is 9.14. The van der Waals surface area contributed by atoms with Crippen molar-refractivity contribution in [3.8, 4) is 0 Å². The second-order valence-electron chi connectivity index (χ2n) is 2.83. The van der Waals surface area contributed by atoms with Crippen LogP contribution in [0.15, 0.2) is 22.0 Å². The van der Waals surface area contributed by atoms with Gasteiger partial charge >= 0.3 is 7.12 Å². The highest BCUT2D eigenvalue weighted by Gasteiger charge is 2.17. The number of hydrogen-bond donors (Lipinski definition) is 2. The van der Waals surface area contributed by atoms with E-state index in [1.54, 1.807) is 5.38 Å². The average Bonchev–Trinajstić information content (AvgIpc) is 2.47. The van der Waals surface area contributed by atoms with E-state index in [0.717, 1.165) is 18.1 Å². The summed E-state index contributed by atoms with van der Waals surface area (Å²) >= 11 is 7.15. The summed E-state index contributed by atoms with van der Waals surface area (Å²) in [6.07, 6.45) is 0. The van der Waals surface area contributed by atoms with E-state index in [1.165, 1.54) is 11.3 Å². The lowest BCUT2D eigenvalue weighted by Gasteiger charge is -1.99. The largest absolute Gasteiger partial charge is 0.489 e. The van der Waals surface area contributed by atoms with Crippen molar-refractivity contribution in [2.75, 3.05) is 0 Å². The number of rotatable bonds is 1. The standard InChI is InChI=1S/C8H5BBrIO2S/c10-4-1-5-6(9(12)13)3-14-8(5)7(11)2-4/h1-3,12-13H. The second-order valence-corrected chi connectivity index (χ2v) is 5.79. The maximum Gasteiger partial charge on any atom is 0.489 e. The minimum Gasteiger partial charge on any atom is -0.423 e. The van der Waals surface area contributed by atoms with Gasteiger partial charge in [-0.15, -0.1) is 11.3 Å². The van der Waals surface area contributed by atoms with Crippen LogP contribution in [0.25, 0.3) is 10.1 Å². The first-order valence-electron chi connectivity index (χ1n) is 3.82. The second kappa shape index (κ2) is 4.09. The van der Waals surface area contributed by atoms with Crippen molar-refractivity contribution in [1.29, 1.82) is 0 Å². The van der Waals surface area contributed by atoms with E-state index >= 15 is 0 Å². The molecule has 0 amide bonds. The summed E-state index contributed by atoms with van der Waals surface area (Å²) in [6, 6.07) is 3.91. The van der Waals surface area contributed by atoms with E-state index in [4.69, 9.17) is 10.0 Å². The van der Waals surface area contributed by atoms with Crippen LogP contribution < -0.4 is 5.46 Å². The van der Waals surface area contributed by atoms with Gasteiger partial charge in [0, 0.05) is 18.2 Å². The van der Waals surface area contributed by atoms with Crippen molar-refractivity contribution in [1.82, 2.24) is 0 Å².